The van der Waals surface area contributed by atoms with Crippen LogP contribution < -0.4 is 0 Å². The average molecular weight is 172 g/mol. The number of hydrogen-bond donors (Lipinski definition) is 0. The molecule has 0 aliphatic carbocycles. The third kappa shape index (κ3) is 1.37. The van der Waals surface area contributed by atoms with Gasteiger partial charge in [-0.05, 0) is 12.3 Å². The Morgan fingerprint density at radius 1 is 1.33 bits per heavy atom. The first-order valence-corrected chi connectivity index (χ1v) is 4.68. The number of rotatable bonds is 1. The van der Waals surface area contributed by atoms with Gasteiger partial charge >= 0.3 is 0 Å². The Labute approximate surface area is 73.0 Å². The van der Waals surface area contributed by atoms with E-state index in [1.165, 1.54) is 0 Å². The second kappa shape index (κ2) is 2.98. The van der Waals surface area contributed by atoms with Crippen LogP contribution in [-0.4, -0.2) is 25.3 Å². The molecule has 0 aromatic carbocycles. The third-order valence-corrected chi connectivity index (χ3v) is 2.49. The quantitative estimate of drug-likeness (QED) is 0.600. The van der Waals surface area contributed by atoms with Crippen molar-refractivity contribution in [2.75, 3.05) is 13.2 Å². The van der Waals surface area contributed by atoms with Gasteiger partial charge in [-0.1, -0.05) is 13.8 Å². The van der Waals surface area contributed by atoms with Crippen LogP contribution in [0, 0.1) is 5.92 Å². The molecule has 12 heavy (non-hydrogen) atoms. The van der Waals surface area contributed by atoms with Crippen molar-refractivity contribution in [1.82, 2.24) is 0 Å². The Balaban J connectivity index is 1.96. The summed E-state index contributed by atoms with van der Waals surface area (Å²) < 4.78 is 16.7. The van der Waals surface area contributed by atoms with Gasteiger partial charge in [-0.3, -0.25) is 0 Å². The molecule has 3 nitrogen and oxygen atoms in total. The molecule has 0 N–H and O–H groups in total. The lowest BCUT2D eigenvalue weighted by Crippen LogP contribution is -2.30. The van der Waals surface area contributed by atoms with Gasteiger partial charge in [-0.15, -0.1) is 0 Å². The lowest BCUT2D eigenvalue weighted by Gasteiger charge is -2.21. The third-order valence-electron chi connectivity index (χ3n) is 2.49. The van der Waals surface area contributed by atoms with E-state index in [0.717, 1.165) is 19.4 Å². The molecule has 0 saturated carbocycles. The van der Waals surface area contributed by atoms with Gasteiger partial charge < -0.3 is 14.2 Å². The molecule has 0 aromatic rings. The number of hydrogen-bond acceptors (Lipinski definition) is 3. The molecular formula is C9H16O3. The molecular weight excluding hydrogens is 156 g/mol. The van der Waals surface area contributed by atoms with Crippen LogP contribution in [0.1, 0.15) is 26.7 Å². The Morgan fingerprint density at radius 3 is 2.67 bits per heavy atom. The minimum Gasteiger partial charge on any atom is -0.327 e. The number of ether oxygens (including phenoxy) is 3. The van der Waals surface area contributed by atoms with Crippen molar-refractivity contribution in [3.8, 4) is 0 Å². The van der Waals surface area contributed by atoms with E-state index in [-0.39, 0.29) is 6.10 Å². The average Bonchev–Trinajstić information content (AvgIpc) is 2.62. The molecule has 2 saturated heterocycles. The molecule has 2 rings (SSSR count). The fraction of sp³-hybridized carbons (Fsp3) is 1.00. The van der Waals surface area contributed by atoms with Crippen LogP contribution in [-0.2, 0) is 14.2 Å². The Morgan fingerprint density at radius 2 is 2.17 bits per heavy atom. The highest BCUT2D eigenvalue weighted by atomic mass is 16.9. The molecule has 2 aliphatic heterocycles. The molecule has 0 aromatic heterocycles. The summed E-state index contributed by atoms with van der Waals surface area (Å²) in [7, 11) is 0. The summed E-state index contributed by atoms with van der Waals surface area (Å²) >= 11 is 0. The lowest BCUT2D eigenvalue weighted by molar-refractivity contribution is -0.315. The first-order valence-electron chi connectivity index (χ1n) is 4.68. The van der Waals surface area contributed by atoms with E-state index in [1.54, 1.807) is 0 Å². The summed E-state index contributed by atoms with van der Waals surface area (Å²) in [5.41, 5.74) is 0. The van der Waals surface area contributed by atoms with Crippen molar-refractivity contribution in [1.29, 1.82) is 0 Å². The van der Waals surface area contributed by atoms with Crippen LogP contribution in [0.4, 0.5) is 0 Å². The summed E-state index contributed by atoms with van der Waals surface area (Å²) in [5, 5.41) is 0. The molecule has 70 valence electrons. The predicted molar refractivity (Wildman–Crippen MR) is 43.6 cm³/mol. The highest BCUT2D eigenvalue weighted by molar-refractivity contribution is 4.76. The monoisotopic (exact) mass is 172 g/mol. The van der Waals surface area contributed by atoms with E-state index in [4.69, 9.17) is 14.2 Å². The normalized spacial score (nSPS) is 41.8. The zero-order valence-corrected chi connectivity index (χ0v) is 7.71. The molecule has 2 fully saturated rings. The minimum absolute atomic E-state index is 0.211. The van der Waals surface area contributed by atoms with Crippen LogP contribution >= 0.6 is 0 Å². The maximum absolute atomic E-state index is 5.73. The van der Waals surface area contributed by atoms with Crippen LogP contribution in [0.5, 0.6) is 0 Å². The second-order valence-corrected chi connectivity index (χ2v) is 3.85. The zero-order valence-electron chi connectivity index (χ0n) is 7.71. The molecule has 2 unspecified atom stereocenters. The minimum atomic E-state index is -0.658. The molecule has 2 atom stereocenters. The van der Waals surface area contributed by atoms with Gasteiger partial charge in [-0.2, -0.15) is 0 Å². The van der Waals surface area contributed by atoms with E-state index in [0.29, 0.717) is 12.5 Å². The van der Waals surface area contributed by atoms with Crippen molar-refractivity contribution >= 4 is 0 Å². The topological polar surface area (TPSA) is 27.7 Å². The van der Waals surface area contributed by atoms with Gasteiger partial charge in [-0.25, -0.2) is 0 Å². The van der Waals surface area contributed by atoms with Crippen LogP contribution in [0.2, 0.25) is 0 Å². The molecule has 1 spiro atoms. The highest BCUT2D eigenvalue weighted by Gasteiger charge is 2.46. The van der Waals surface area contributed by atoms with Crippen LogP contribution in [0.3, 0.4) is 0 Å². The van der Waals surface area contributed by atoms with Gasteiger partial charge in [0.05, 0.1) is 19.3 Å². The zero-order chi connectivity index (χ0) is 8.60. The van der Waals surface area contributed by atoms with Crippen molar-refractivity contribution in [2.45, 2.75) is 38.8 Å². The largest absolute Gasteiger partial charge is 0.327 e. The summed E-state index contributed by atoms with van der Waals surface area (Å²) in [4.78, 5) is 0. The van der Waals surface area contributed by atoms with E-state index >= 15 is 0 Å². The molecule has 0 bridgehead atoms. The molecule has 3 heteroatoms. The van der Waals surface area contributed by atoms with Crippen LogP contribution in [0.15, 0.2) is 0 Å². The van der Waals surface area contributed by atoms with Crippen molar-refractivity contribution in [3.63, 3.8) is 0 Å². The van der Waals surface area contributed by atoms with Gasteiger partial charge in [0.2, 0.25) is 0 Å². The van der Waals surface area contributed by atoms with Gasteiger partial charge in [0, 0.05) is 6.42 Å². The second-order valence-electron chi connectivity index (χ2n) is 3.85. The maximum Gasteiger partial charge on any atom is 0.283 e. The summed E-state index contributed by atoms with van der Waals surface area (Å²) in [6.45, 7) is 5.73. The molecule has 2 aliphatic rings. The fourth-order valence-corrected chi connectivity index (χ4v) is 1.63. The van der Waals surface area contributed by atoms with E-state index in [1.807, 2.05) is 0 Å². The first-order chi connectivity index (χ1) is 5.72. The van der Waals surface area contributed by atoms with Crippen molar-refractivity contribution in [2.24, 2.45) is 5.92 Å². The Kier molecular flexibility index (Phi) is 2.10. The standard InChI is InChI=1S/C9H16O3/c1-7(2)8-6-11-9(12-8)4-3-5-10-9/h7-8H,3-6H2,1-2H3. The summed E-state index contributed by atoms with van der Waals surface area (Å²) in [6, 6.07) is 0. The Bertz CT molecular complexity index is 161. The summed E-state index contributed by atoms with van der Waals surface area (Å²) in [5.74, 6) is -0.150. The fourth-order valence-electron chi connectivity index (χ4n) is 1.63. The van der Waals surface area contributed by atoms with Crippen molar-refractivity contribution < 1.29 is 14.2 Å². The smallest absolute Gasteiger partial charge is 0.283 e. The highest BCUT2D eigenvalue weighted by Crippen LogP contribution is 2.36. The van der Waals surface area contributed by atoms with E-state index in [9.17, 15) is 0 Å². The molecule has 2 heterocycles. The van der Waals surface area contributed by atoms with Crippen LogP contribution in [0.25, 0.3) is 0 Å². The van der Waals surface area contributed by atoms with Crippen molar-refractivity contribution in [3.05, 3.63) is 0 Å². The summed E-state index contributed by atoms with van der Waals surface area (Å²) in [6.07, 6.45) is 2.14. The molecule has 0 amide bonds. The Hall–Kier alpha value is -0.120. The van der Waals surface area contributed by atoms with Gasteiger partial charge in [0.1, 0.15) is 0 Å². The van der Waals surface area contributed by atoms with E-state index in [2.05, 4.69) is 13.8 Å². The van der Waals surface area contributed by atoms with Gasteiger partial charge in [0.15, 0.2) is 0 Å². The maximum atomic E-state index is 5.73. The van der Waals surface area contributed by atoms with Gasteiger partial charge in [0.25, 0.3) is 5.97 Å². The predicted octanol–water partition coefficient (Wildman–Crippen LogP) is 1.52. The first kappa shape index (κ1) is 8.48. The van der Waals surface area contributed by atoms with E-state index < -0.39 is 5.97 Å². The SMILES string of the molecule is CC(C)C1COC2(CCCO2)O1. The lowest BCUT2D eigenvalue weighted by atomic mass is 10.1. The molecule has 0 radical (unpaired) electrons.